The van der Waals surface area contributed by atoms with Gasteiger partial charge in [-0.1, -0.05) is 0 Å². The number of furan rings is 1. The topological polar surface area (TPSA) is 85.3 Å². The summed E-state index contributed by atoms with van der Waals surface area (Å²) in [6.07, 6.45) is 4.97. The van der Waals surface area contributed by atoms with Crippen molar-refractivity contribution in [3.63, 3.8) is 0 Å². The van der Waals surface area contributed by atoms with E-state index in [0.29, 0.717) is 12.3 Å². The number of carbonyl (C=O) groups is 1. The van der Waals surface area contributed by atoms with Crippen LogP contribution in [0, 0.1) is 6.92 Å². The summed E-state index contributed by atoms with van der Waals surface area (Å²) in [5.41, 5.74) is 0.834. The van der Waals surface area contributed by atoms with Crippen molar-refractivity contribution in [1.29, 1.82) is 0 Å². The van der Waals surface area contributed by atoms with Crippen LogP contribution < -0.4 is 5.32 Å². The molecule has 7 heteroatoms. The molecule has 0 aliphatic rings. The molecule has 0 saturated heterocycles. The van der Waals surface area contributed by atoms with Gasteiger partial charge in [-0.25, -0.2) is 4.98 Å². The zero-order chi connectivity index (χ0) is 14.7. The minimum atomic E-state index is -0.257. The van der Waals surface area contributed by atoms with Crippen molar-refractivity contribution in [2.45, 2.75) is 19.8 Å². The van der Waals surface area contributed by atoms with Crippen molar-refractivity contribution >= 4 is 11.7 Å². The number of amides is 1. The number of hydrogen-bond acceptors (Lipinski definition) is 5. The Bertz CT molecular complexity index is 748. The van der Waals surface area contributed by atoms with Gasteiger partial charge in [-0.15, -0.1) is 10.2 Å². The molecule has 0 bridgehead atoms. The molecule has 108 valence electrons. The van der Waals surface area contributed by atoms with Gasteiger partial charge in [0, 0.05) is 24.9 Å². The minimum absolute atomic E-state index is 0.246. The summed E-state index contributed by atoms with van der Waals surface area (Å²) in [5.74, 6) is 1.33. The van der Waals surface area contributed by atoms with Gasteiger partial charge in [-0.3, -0.25) is 9.20 Å². The van der Waals surface area contributed by atoms with E-state index in [0.717, 1.165) is 24.3 Å². The van der Waals surface area contributed by atoms with Gasteiger partial charge in [0.2, 0.25) is 5.82 Å². The molecule has 21 heavy (non-hydrogen) atoms. The number of hydrogen-bond donors (Lipinski definition) is 1. The summed E-state index contributed by atoms with van der Waals surface area (Å²) in [6.45, 7) is 2.41. The minimum Gasteiger partial charge on any atom is -0.469 e. The van der Waals surface area contributed by atoms with Gasteiger partial charge >= 0.3 is 0 Å². The number of fused-ring (bicyclic) bond motifs is 1. The van der Waals surface area contributed by atoms with E-state index in [1.807, 2.05) is 25.1 Å². The van der Waals surface area contributed by atoms with Crippen molar-refractivity contribution < 1.29 is 9.21 Å². The van der Waals surface area contributed by atoms with Crippen LogP contribution in [0.3, 0.4) is 0 Å². The molecule has 3 aromatic rings. The van der Waals surface area contributed by atoms with E-state index in [9.17, 15) is 4.79 Å². The molecule has 0 spiro atoms. The molecule has 3 rings (SSSR count). The maximum atomic E-state index is 12.1. The predicted octanol–water partition coefficient (Wildman–Crippen LogP) is 1.39. The van der Waals surface area contributed by atoms with Crippen LogP contribution in [0.1, 0.15) is 28.5 Å². The van der Waals surface area contributed by atoms with Crippen LogP contribution in [-0.4, -0.2) is 32.0 Å². The number of nitrogens with one attached hydrogen (secondary N) is 1. The summed E-state index contributed by atoms with van der Waals surface area (Å²) in [4.78, 5) is 16.3. The first-order chi connectivity index (χ1) is 10.2. The Balaban J connectivity index is 1.59. The lowest BCUT2D eigenvalue weighted by Gasteiger charge is -2.03. The maximum Gasteiger partial charge on any atom is 0.289 e. The van der Waals surface area contributed by atoms with Gasteiger partial charge in [0.15, 0.2) is 0 Å². The Morgan fingerprint density at radius 1 is 1.38 bits per heavy atom. The van der Waals surface area contributed by atoms with E-state index in [1.54, 1.807) is 16.9 Å². The number of nitrogens with zero attached hydrogens (tertiary/aromatic N) is 4. The van der Waals surface area contributed by atoms with Crippen LogP contribution >= 0.6 is 0 Å². The highest BCUT2D eigenvalue weighted by molar-refractivity contribution is 5.91. The van der Waals surface area contributed by atoms with E-state index in [1.165, 1.54) is 0 Å². The molecule has 0 atom stereocenters. The van der Waals surface area contributed by atoms with Crippen LogP contribution in [0.5, 0.6) is 0 Å². The van der Waals surface area contributed by atoms with Crippen LogP contribution in [-0.2, 0) is 6.42 Å². The summed E-state index contributed by atoms with van der Waals surface area (Å²) in [7, 11) is 0. The molecule has 0 aliphatic heterocycles. The Morgan fingerprint density at radius 3 is 3.10 bits per heavy atom. The normalized spacial score (nSPS) is 10.9. The van der Waals surface area contributed by atoms with Crippen molar-refractivity contribution in [3.8, 4) is 0 Å². The fourth-order valence-electron chi connectivity index (χ4n) is 2.03. The van der Waals surface area contributed by atoms with Crippen molar-refractivity contribution in [2.75, 3.05) is 6.54 Å². The molecule has 1 N–H and O–H groups in total. The van der Waals surface area contributed by atoms with Crippen molar-refractivity contribution in [1.82, 2.24) is 24.9 Å². The summed E-state index contributed by atoms with van der Waals surface area (Å²) >= 11 is 0. The van der Waals surface area contributed by atoms with Gasteiger partial charge in [-0.2, -0.15) is 0 Å². The average Bonchev–Trinajstić information content (AvgIpc) is 3.12. The monoisotopic (exact) mass is 285 g/mol. The lowest BCUT2D eigenvalue weighted by atomic mass is 10.2. The number of aromatic nitrogens is 4. The molecule has 0 aromatic carbocycles. The first kappa shape index (κ1) is 13.3. The Morgan fingerprint density at radius 2 is 2.29 bits per heavy atom. The first-order valence-corrected chi connectivity index (χ1v) is 6.73. The van der Waals surface area contributed by atoms with Gasteiger partial charge in [0.05, 0.1) is 6.26 Å². The fourth-order valence-corrected chi connectivity index (χ4v) is 2.03. The maximum absolute atomic E-state index is 12.1. The van der Waals surface area contributed by atoms with Crippen LogP contribution in [0.2, 0.25) is 0 Å². The summed E-state index contributed by atoms with van der Waals surface area (Å²) < 4.78 is 6.81. The first-order valence-electron chi connectivity index (χ1n) is 6.73. The van der Waals surface area contributed by atoms with Crippen molar-refractivity contribution in [2.24, 2.45) is 0 Å². The fraction of sp³-hybridized carbons (Fsp3) is 0.286. The molecule has 7 nitrogen and oxygen atoms in total. The highest BCUT2D eigenvalue weighted by Gasteiger charge is 2.14. The molecular formula is C14H15N5O2. The standard InChI is InChI=1S/C14H15N5O2/c1-10-6-8-19-12(17-18-14(19)16-10)13(20)15-7-2-4-11-5-3-9-21-11/h3,5-6,8-9H,2,4,7H2,1H3,(H,15,20). The van der Waals surface area contributed by atoms with Gasteiger partial charge in [0.1, 0.15) is 5.76 Å². The predicted molar refractivity (Wildman–Crippen MR) is 74.9 cm³/mol. The largest absolute Gasteiger partial charge is 0.469 e. The Labute approximate surface area is 121 Å². The molecule has 0 radical (unpaired) electrons. The second kappa shape index (κ2) is 5.74. The highest BCUT2D eigenvalue weighted by atomic mass is 16.3. The second-order valence-corrected chi connectivity index (χ2v) is 4.70. The summed E-state index contributed by atoms with van der Waals surface area (Å²) in [6, 6.07) is 5.58. The third-order valence-electron chi connectivity index (χ3n) is 3.09. The van der Waals surface area contributed by atoms with Gasteiger partial charge < -0.3 is 9.73 Å². The lowest BCUT2D eigenvalue weighted by Crippen LogP contribution is -2.26. The number of aryl methyl sites for hydroxylation is 2. The third kappa shape index (κ3) is 2.91. The lowest BCUT2D eigenvalue weighted by molar-refractivity contribution is 0.0941. The quantitative estimate of drug-likeness (QED) is 0.716. The smallest absolute Gasteiger partial charge is 0.289 e. The van der Waals surface area contributed by atoms with Gasteiger partial charge in [0.25, 0.3) is 11.7 Å². The summed E-state index contributed by atoms with van der Waals surface area (Å²) in [5, 5.41) is 10.6. The molecule has 3 aromatic heterocycles. The third-order valence-corrected chi connectivity index (χ3v) is 3.09. The van der Waals surface area contributed by atoms with E-state index >= 15 is 0 Å². The Hall–Kier alpha value is -2.70. The van der Waals surface area contributed by atoms with E-state index < -0.39 is 0 Å². The molecule has 0 unspecified atom stereocenters. The number of carbonyl (C=O) groups excluding carboxylic acids is 1. The molecule has 0 saturated carbocycles. The van der Waals surface area contributed by atoms with Gasteiger partial charge in [-0.05, 0) is 31.5 Å². The SMILES string of the molecule is Cc1ccn2c(C(=O)NCCCc3ccco3)nnc2n1. The van der Waals surface area contributed by atoms with E-state index in [2.05, 4.69) is 20.5 Å². The van der Waals surface area contributed by atoms with E-state index in [4.69, 9.17) is 4.42 Å². The molecule has 1 amide bonds. The van der Waals surface area contributed by atoms with Crippen LogP contribution in [0.4, 0.5) is 0 Å². The second-order valence-electron chi connectivity index (χ2n) is 4.70. The number of rotatable bonds is 5. The van der Waals surface area contributed by atoms with Crippen LogP contribution in [0.15, 0.2) is 35.1 Å². The Kier molecular flexibility index (Phi) is 3.63. The molecular weight excluding hydrogens is 270 g/mol. The van der Waals surface area contributed by atoms with E-state index in [-0.39, 0.29) is 11.7 Å². The zero-order valence-electron chi connectivity index (χ0n) is 11.6. The van der Waals surface area contributed by atoms with Crippen LogP contribution in [0.25, 0.3) is 5.78 Å². The highest BCUT2D eigenvalue weighted by Crippen LogP contribution is 2.04. The molecule has 0 fully saturated rings. The van der Waals surface area contributed by atoms with Crippen molar-refractivity contribution in [3.05, 3.63) is 47.9 Å². The molecule has 3 heterocycles. The molecule has 0 aliphatic carbocycles. The zero-order valence-corrected chi connectivity index (χ0v) is 11.6. The average molecular weight is 285 g/mol.